The number of hydrogen-bond acceptors (Lipinski definition) is 3. The zero-order valence-electron chi connectivity index (χ0n) is 13.7. The molecule has 0 bridgehead atoms. The lowest BCUT2D eigenvalue weighted by atomic mass is 9.54. The average molecular weight is 289 g/mol. The highest BCUT2D eigenvalue weighted by Gasteiger charge is 2.33. The second-order valence-corrected chi connectivity index (χ2v) is 7.10. The topological polar surface area (TPSA) is 47.9 Å². The van der Waals surface area contributed by atoms with Crippen molar-refractivity contribution in [3.63, 3.8) is 0 Å². The molecule has 2 N–H and O–H groups in total. The van der Waals surface area contributed by atoms with Gasteiger partial charge in [0.25, 0.3) is 0 Å². The minimum Gasteiger partial charge on any atom is -0.342 e. The molecule has 1 saturated carbocycles. The predicted octanol–water partition coefficient (Wildman–Crippen LogP) is 3.73. The quantitative estimate of drug-likeness (QED) is 0.554. The molecule has 1 aliphatic heterocycles. The van der Waals surface area contributed by atoms with Crippen LogP contribution < -0.4 is 10.5 Å². The van der Waals surface area contributed by atoms with Gasteiger partial charge in [0.2, 0.25) is 0 Å². The fraction of sp³-hybridized carbons (Fsp3) is 0.941. The minimum atomic E-state index is 0.320. The van der Waals surface area contributed by atoms with Crippen molar-refractivity contribution in [1.29, 1.82) is 5.26 Å². The van der Waals surface area contributed by atoms with Gasteiger partial charge in [-0.2, -0.15) is 5.26 Å². The summed E-state index contributed by atoms with van der Waals surface area (Å²) in [5, 5.41) is 16.4. The number of nitriles is 1. The molecule has 0 radical (unpaired) electrons. The van der Waals surface area contributed by atoms with Crippen LogP contribution in [0.15, 0.2) is 0 Å². The first-order chi connectivity index (χ1) is 10.3. The van der Waals surface area contributed by atoms with Gasteiger partial charge < -0.3 is 10.5 Å². The first kappa shape index (κ1) is 16.8. The van der Waals surface area contributed by atoms with Gasteiger partial charge in [0.15, 0.2) is 0 Å². The van der Waals surface area contributed by atoms with Crippen molar-refractivity contribution in [2.45, 2.75) is 76.9 Å². The molecule has 3 nitrogen and oxygen atoms in total. The van der Waals surface area contributed by atoms with Crippen molar-refractivity contribution >= 4 is 6.98 Å². The summed E-state index contributed by atoms with van der Waals surface area (Å²) < 4.78 is 0. The smallest absolute Gasteiger partial charge is 0.308 e. The summed E-state index contributed by atoms with van der Waals surface area (Å²) in [6, 6.07) is 2.43. The maximum Gasteiger partial charge on any atom is 0.308 e. The summed E-state index contributed by atoms with van der Waals surface area (Å²) in [6.45, 7) is 5.15. The third-order valence-electron chi connectivity index (χ3n) is 5.39. The molecule has 0 aromatic heterocycles. The van der Waals surface area contributed by atoms with E-state index >= 15 is 0 Å². The highest BCUT2D eigenvalue weighted by molar-refractivity contribution is 6.55. The average Bonchev–Trinajstić information content (AvgIpc) is 2.55. The molecule has 21 heavy (non-hydrogen) atoms. The Hall–Kier alpha value is -0.525. The maximum absolute atomic E-state index is 8.98. The molecule has 0 atom stereocenters. The summed E-state index contributed by atoms with van der Waals surface area (Å²) in [4.78, 5) is 0. The van der Waals surface area contributed by atoms with Gasteiger partial charge in [0, 0.05) is 5.92 Å². The van der Waals surface area contributed by atoms with Crippen LogP contribution in [0.1, 0.15) is 71.1 Å². The van der Waals surface area contributed by atoms with Crippen molar-refractivity contribution in [3.8, 4) is 6.07 Å². The second kappa shape index (κ2) is 9.48. The van der Waals surface area contributed by atoms with Gasteiger partial charge in [-0.3, -0.25) is 0 Å². The Balaban J connectivity index is 1.57. The molecule has 1 heterocycles. The van der Waals surface area contributed by atoms with Gasteiger partial charge in [-0.05, 0) is 44.1 Å². The van der Waals surface area contributed by atoms with E-state index < -0.39 is 0 Å². The van der Waals surface area contributed by atoms with Crippen LogP contribution in [-0.4, -0.2) is 20.1 Å². The van der Waals surface area contributed by atoms with E-state index in [4.69, 9.17) is 5.26 Å². The van der Waals surface area contributed by atoms with Gasteiger partial charge in [0.1, 0.15) is 0 Å². The van der Waals surface area contributed by atoms with Crippen LogP contribution in [0.3, 0.4) is 0 Å². The Kier molecular flexibility index (Phi) is 7.60. The molecule has 0 amide bonds. The molecular weight excluding hydrogens is 257 g/mol. The lowest BCUT2D eigenvalue weighted by Gasteiger charge is -2.35. The molecule has 0 spiro atoms. The summed E-state index contributed by atoms with van der Waals surface area (Å²) in [5.41, 5.74) is 0. The van der Waals surface area contributed by atoms with Crippen LogP contribution in [0.5, 0.6) is 0 Å². The molecule has 118 valence electrons. The van der Waals surface area contributed by atoms with E-state index in [1.165, 1.54) is 64.5 Å². The molecule has 2 rings (SSSR count). The number of nitrogens with zero attached hydrogens (tertiary/aromatic N) is 1. The Morgan fingerprint density at radius 2 is 1.67 bits per heavy atom. The number of rotatable bonds is 7. The molecule has 2 aliphatic rings. The SMILES string of the molecule is CCCCCCCC1CNB([C@H]2CC[C@H](C#N)CC2)NC1. The van der Waals surface area contributed by atoms with Crippen LogP contribution in [0.2, 0.25) is 5.82 Å². The Morgan fingerprint density at radius 3 is 2.29 bits per heavy atom. The summed E-state index contributed by atoms with van der Waals surface area (Å²) in [7, 11) is 0. The van der Waals surface area contributed by atoms with Crippen LogP contribution in [0, 0.1) is 23.2 Å². The molecule has 4 heteroatoms. The zero-order valence-corrected chi connectivity index (χ0v) is 13.7. The van der Waals surface area contributed by atoms with E-state index in [-0.39, 0.29) is 0 Å². The standard InChI is InChI=1S/C17H32BN3/c1-2-3-4-5-6-7-16-13-20-18(21-14-16)17-10-8-15(12-19)9-11-17/h15-17,20-21H,2-11,13-14H2,1H3/t15-,17-. The highest BCUT2D eigenvalue weighted by atomic mass is 15.0. The van der Waals surface area contributed by atoms with Crippen molar-refractivity contribution in [3.05, 3.63) is 0 Å². The van der Waals surface area contributed by atoms with Crippen LogP contribution in [0.25, 0.3) is 0 Å². The largest absolute Gasteiger partial charge is 0.342 e. The van der Waals surface area contributed by atoms with Gasteiger partial charge in [-0.1, -0.05) is 51.9 Å². The van der Waals surface area contributed by atoms with Gasteiger partial charge in [-0.25, -0.2) is 0 Å². The monoisotopic (exact) mass is 289 g/mol. The lowest BCUT2D eigenvalue weighted by Crippen LogP contribution is -2.59. The molecule has 2 fully saturated rings. The molecule has 1 aliphatic carbocycles. The van der Waals surface area contributed by atoms with Gasteiger partial charge in [-0.15, -0.1) is 0 Å². The maximum atomic E-state index is 8.98. The highest BCUT2D eigenvalue weighted by Crippen LogP contribution is 2.33. The van der Waals surface area contributed by atoms with Crippen LogP contribution in [0.4, 0.5) is 0 Å². The van der Waals surface area contributed by atoms with E-state index in [0.717, 1.165) is 24.6 Å². The number of unbranched alkanes of at least 4 members (excludes halogenated alkanes) is 4. The molecule has 0 aromatic carbocycles. The number of nitrogens with one attached hydrogen (secondary N) is 2. The molecule has 0 unspecified atom stereocenters. The van der Waals surface area contributed by atoms with E-state index in [9.17, 15) is 0 Å². The minimum absolute atomic E-state index is 0.320. The van der Waals surface area contributed by atoms with E-state index in [0.29, 0.717) is 12.9 Å². The fourth-order valence-electron chi connectivity index (χ4n) is 3.89. The van der Waals surface area contributed by atoms with Crippen LogP contribution >= 0.6 is 0 Å². The molecule has 1 saturated heterocycles. The first-order valence-electron chi connectivity index (χ1n) is 9.19. The Morgan fingerprint density at radius 1 is 1.00 bits per heavy atom. The van der Waals surface area contributed by atoms with Crippen molar-refractivity contribution in [2.75, 3.05) is 13.1 Å². The predicted molar refractivity (Wildman–Crippen MR) is 89.9 cm³/mol. The zero-order chi connectivity index (χ0) is 14.9. The summed E-state index contributed by atoms with van der Waals surface area (Å²) in [5.74, 6) is 1.87. The summed E-state index contributed by atoms with van der Waals surface area (Å²) >= 11 is 0. The Labute approximate surface area is 131 Å². The van der Waals surface area contributed by atoms with Gasteiger partial charge >= 0.3 is 6.98 Å². The second-order valence-electron chi connectivity index (χ2n) is 7.10. The van der Waals surface area contributed by atoms with E-state index in [2.05, 4.69) is 23.4 Å². The number of hydrogen-bond donors (Lipinski definition) is 2. The fourth-order valence-corrected chi connectivity index (χ4v) is 3.89. The third kappa shape index (κ3) is 5.64. The van der Waals surface area contributed by atoms with Crippen molar-refractivity contribution < 1.29 is 0 Å². The van der Waals surface area contributed by atoms with Crippen molar-refractivity contribution in [2.24, 2.45) is 11.8 Å². The molecular formula is C17H32BN3. The van der Waals surface area contributed by atoms with E-state index in [1.54, 1.807) is 0 Å². The van der Waals surface area contributed by atoms with Crippen molar-refractivity contribution in [1.82, 2.24) is 10.5 Å². The first-order valence-corrected chi connectivity index (χ1v) is 9.19. The van der Waals surface area contributed by atoms with E-state index in [1.807, 2.05) is 0 Å². The molecule has 0 aromatic rings. The Bertz CT molecular complexity index is 312. The van der Waals surface area contributed by atoms with Gasteiger partial charge in [0.05, 0.1) is 6.07 Å². The summed E-state index contributed by atoms with van der Waals surface area (Å²) in [6.07, 6.45) is 12.9. The van der Waals surface area contributed by atoms with Crippen LogP contribution in [-0.2, 0) is 0 Å². The third-order valence-corrected chi connectivity index (χ3v) is 5.39. The normalized spacial score (nSPS) is 27.5. The lowest BCUT2D eigenvalue weighted by molar-refractivity contribution is 0.389.